The zero-order chi connectivity index (χ0) is 28.4. The molecule has 1 N–H and O–H groups in total. The van der Waals surface area contributed by atoms with Crippen molar-refractivity contribution in [3.05, 3.63) is 11.6 Å². The maximum Gasteiger partial charge on any atom is 0.331 e. The number of carbonyl (C=O) groups is 2. The number of aliphatic hydroxyl groups excluding tert-OH is 1. The Kier molecular flexibility index (Phi) is 7.41. The first kappa shape index (κ1) is 28.6. The first-order valence-electron chi connectivity index (χ1n) is 15.6. The number of hydrogen-bond donors (Lipinski definition) is 1. The molecule has 2 heterocycles. The maximum atomic E-state index is 12.7. The van der Waals surface area contributed by atoms with Gasteiger partial charge in [-0.3, -0.25) is 4.79 Å². The van der Waals surface area contributed by atoms with Crippen LogP contribution in [-0.2, 0) is 33.3 Å². The van der Waals surface area contributed by atoms with Crippen molar-refractivity contribution >= 4 is 11.9 Å². The summed E-state index contributed by atoms with van der Waals surface area (Å²) in [4.78, 5) is 24.6. The highest BCUT2D eigenvalue weighted by Gasteiger charge is 2.70. The maximum absolute atomic E-state index is 12.7. The molecular weight excluding hydrogens is 512 g/mol. The van der Waals surface area contributed by atoms with Crippen molar-refractivity contribution < 1.29 is 38.4 Å². The molecule has 40 heavy (non-hydrogen) atoms. The lowest BCUT2D eigenvalue weighted by atomic mass is 9.43. The summed E-state index contributed by atoms with van der Waals surface area (Å²) in [7, 11) is 1.63. The molecule has 4 aliphatic carbocycles. The van der Waals surface area contributed by atoms with Crippen molar-refractivity contribution in [2.75, 3.05) is 13.7 Å². The molecule has 12 atom stereocenters. The molecule has 6 rings (SSSR count). The summed E-state index contributed by atoms with van der Waals surface area (Å²) in [5.74, 6) is 1.15. The van der Waals surface area contributed by atoms with Gasteiger partial charge in [-0.25, -0.2) is 4.79 Å². The normalized spacial score (nSPS) is 50.3. The standard InChI is InChI=1S/C32H48O8/c1-18-29(35)26(36-5)16-28(38-18)39-22-8-11-30(3)21(15-22)6-7-25-24(30)9-12-31(4)23(20-14-27(34)37-17-20)10-13-32(25,31)40-19(2)33/h14,18,21-26,28-29,35H,6-13,15-17H2,1-5H3. The molecule has 1 saturated heterocycles. The van der Waals surface area contributed by atoms with Crippen molar-refractivity contribution in [2.24, 2.45) is 34.5 Å². The minimum Gasteiger partial charge on any atom is -0.458 e. The van der Waals surface area contributed by atoms with Crippen LogP contribution < -0.4 is 0 Å². The first-order chi connectivity index (χ1) is 19.0. The second-order valence-corrected chi connectivity index (χ2v) is 14.2. The molecule has 4 saturated carbocycles. The highest BCUT2D eigenvalue weighted by Crippen LogP contribution is 2.71. The van der Waals surface area contributed by atoms with Gasteiger partial charge in [0.25, 0.3) is 0 Å². The van der Waals surface area contributed by atoms with Crippen molar-refractivity contribution in [2.45, 2.75) is 128 Å². The summed E-state index contributed by atoms with van der Waals surface area (Å²) in [5, 5.41) is 10.3. The summed E-state index contributed by atoms with van der Waals surface area (Å²) < 4.78 is 29.9. The van der Waals surface area contributed by atoms with E-state index in [0.29, 0.717) is 30.8 Å². The Morgan fingerprint density at radius 1 is 1.05 bits per heavy atom. The molecule has 0 radical (unpaired) electrons. The van der Waals surface area contributed by atoms with Gasteiger partial charge in [0.1, 0.15) is 18.3 Å². The second kappa shape index (κ2) is 10.4. The van der Waals surface area contributed by atoms with Crippen molar-refractivity contribution in [1.29, 1.82) is 0 Å². The van der Waals surface area contributed by atoms with Gasteiger partial charge in [-0.05, 0) is 93.5 Å². The third kappa shape index (κ3) is 4.38. The molecule has 12 unspecified atom stereocenters. The number of fused-ring (bicyclic) bond motifs is 5. The number of hydrogen-bond acceptors (Lipinski definition) is 8. The van der Waals surface area contributed by atoms with Crippen LogP contribution in [0.4, 0.5) is 0 Å². The topological polar surface area (TPSA) is 101 Å². The number of cyclic esters (lactones) is 1. The molecule has 8 heteroatoms. The van der Waals surface area contributed by atoms with E-state index >= 15 is 0 Å². The zero-order valence-corrected chi connectivity index (χ0v) is 24.9. The predicted octanol–water partition coefficient (Wildman–Crippen LogP) is 4.71. The number of rotatable bonds is 5. The van der Waals surface area contributed by atoms with E-state index < -0.39 is 11.7 Å². The van der Waals surface area contributed by atoms with E-state index in [1.54, 1.807) is 20.1 Å². The van der Waals surface area contributed by atoms with Crippen LogP contribution in [0.1, 0.15) is 91.9 Å². The smallest absolute Gasteiger partial charge is 0.331 e. The second-order valence-electron chi connectivity index (χ2n) is 14.2. The average molecular weight is 561 g/mol. The van der Waals surface area contributed by atoms with Crippen LogP contribution >= 0.6 is 0 Å². The molecule has 0 bridgehead atoms. The van der Waals surface area contributed by atoms with Crippen LogP contribution in [0.5, 0.6) is 0 Å². The fourth-order valence-corrected chi connectivity index (χ4v) is 10.5. The van der Waals surface area contributed by atoms with Crippen LogP contribution in [0.15, 0.2) is 11.6 Å². The number of esters is 2. The van der Waals surface area contributed by atoms with Crippen molar-refractivity contribution in [1.82, 2.24) is 0 Å². The van der Waals surface area contributed by atoms with Crippen molar-refractivity contribution in [3.63, 3.8) is 0 Å². The summed E-state index contributed by atoms with van der Waals surface area (Å²) in [6.07, 6.45) is 9.95. The van der Waals surface area contributed by atoms with Crippen LogP contribution in [-0.4, -0.2) is 67.1 Å². The zero-order valence-electron chi connectivity index (χ0n) is 24.9. The van der Waals surface area contributed by atoms with E-state index in [-0.39, 0.29) is 53.3 Å². The molecule has 224 valence electrons. The highest BCUT2D eigenvalue weighted by atomic mass is 16.7. The van der Waals surface area contributed by atoms with E-state index in [1.807, 2.05) is 6.92 Å². The summed E-state index contributed by atoms with van der Waals surface area (Å²) >= 11 is 0. The van der Waals surface area contributed by atoms with E-state index in [2.05, 4.69) is 13.8 Å². The fraction of sp³-hybridized carbons (Fsp3) is 0.875. The molecule has 6 aliphatic rings. The van der Waals surface area contributed by atoms with E-state index in [1.165, 1.54) is 0 Å². The predicted molar refractivity (Wildman–Crippen MR) is 146 cm³/mol. The molecule has 0 aromatic heterocycles. The summed E-state index contributed by atoms with van der Waals surface area (Å²) in [6.45, 7) is 8.62. The molecular formula is C32H48O8. The first-order valence-corrected chi connectivity index (χ1v) is 15.6. The third-order valence-corrected chi connectivity index (χ3v) is 12.5. The Hall–Kier alpha value is -1.48. The molecule has 5 fully saturated rings. The fourth-order valence-electron chi connectivity index (χ4n) is 10.5. The quantitative estimate of drug-likeness (QED) is 0.381. The number of ether oxygens (including phenoxy) is 5. The molecule has 8 nitrogen and oxygen atoms in total. The lowest BCUT2D eigenvalue weighted by Crippen LogP contribution is -2.64. The van der Waals surface area contributed by atoms with Gasteiger partial charge in [-0.1, -0.05) is 13.8 Å². The van der Waals surface area contributed by atoms with Gasteiger partial charge in [-0.2, -0.15) is 0 Å². The van der Waals surface area contributed by atoms with Crippen LogP contribution in [0, 0.1) is 34.5 Å². The highest BCUT2D eigenvalue weighted by molar-refractivity contribution is 5.85. The Morgan fingerprint density at radius 3 is 2.55 bits per heavy atom. The lowest BCUT2D eigenvalue weighted by Gasteiger charge is -2.64. The third-order valence-electron chi connectivity index (χ3n) is 12.5. The Labute approximate surface area is 238 Å². The van der Waals surface area contributed by atoms with Crippen LogP contribution in [0.3, 0.4) is 0 Å². The van der Waals surface area contributed by atoms with Gasteiger partial charge >= 0.3 is 11.9 Å². The monoisotopic (exact) mass is 560 g/mol. The summed E-state index contributed by atoms with van der Waals surface area (Å²) in [6, 6.07) is 0. The molecule has 0 spiro atoms. The molecule has 0 aromatic carbocycles. The van der Waals surface area contributed by atoms with Gasteiger partial charge in [-0.15, -0.1) is 0 Å². The number of carbonyl (C=O) groups excluding carboxylic acids is 2. The van der Waals surface area contributed by atoms with Crippen LogP contribution in [0.2, 0.25) is 0 Å². The SMILES string of the molecule is COC1CC(OC2CCC3(C)C(CCC4C3CCC3(C)C(C5=CC(=O)OC5)CCC43OC(C)=O)C2)OC(C)C1O. The summed E-state index contributed by atoms with van der Waals surface area (Å²) in [5.41, 5.74) is 0.565. The van der Waals surface area contributed by atoms with E-state index in [9.17, 15) is 14.7 Å². The van der Waals surface area contributed by atoms with Gasteiger partial charge < -0.3 is 28.8 Å². The molecule has 0 aromatic rings. The van der Waals surface area contributed by atoms with Crippen LogP contribution in [0.25, 0.3) is 0 Å². The Bertz CT molecular complexity index is 1040. The van der Waals surface area contributed by atoms with E-state index in [4.69, 9.17) is 23.7 Å². The van der Waals surface area contributed by atoms with Crippen molar-refractivity contribution in [3.8, 4) is 0 Å². The number of aliphatic hydroxyl groups is 1. The minimum atomic E-state index is -0.635. The number of methoxy groups -OCH3 is 1. The average Bonchev–Trinajstić information content (AvgIpc) is 3.46. The minimum absolute atomic E-state index is 0.138. The molecule has 0 amide bonds. The van der Waals surface area contributed by atoms with Gasteiger partial charge in [0.2, 0.25) is 0 Å². The Balaban J connectivity index is 1.20. The largest absolute Gasteiger partial charge is 0.458 e. The van der Waals surface area contributed by atoms with Gasteiger partial charge in [0.15, 0.2) is 6.29 Å². The van der Waals surface area contributed by atoms with Gasteiger partial charge in [0.05, 0.1) is 18.3 Å². The Morgan fingerprint density at radius 2 is 1.85 bits per heavy atom. The lowest BCUT2D eigenvalue weighted by molar-refractivity contribution is -0.274. The van der Waals surface area contributed by atoms with Gasteiger partial charge in [0, 0.05) is 37.9 Å². The van der Waals surface area contributed by atoms with E-state index in [0.717, 1.165) is 63.4 Å². The molecule has 2 aliphatic heterocycles.